The molecule has 0 aliphatic rings. The molecule has 0 aliphatic heterocycles. The topological polar surface area (TPSA) is 63.3 Å². The van der Waals surface area contributed by atoms with E-state index in [-0.39, 0.29) is 6.42 Å². The normalized spacial score (nSPS) is 14.9. The zero-order chi connectivity index (χ0) is 9.90. The summed E-state index contributed by atoms with van der Waals surface area (Å²) < 4.78 is 0. The lowest BCUT2D eigenvalue weighted by atomic mass is 10.1. The Bertz CT molecular complexity index is 298. The third-order valence-electron chi connectivity index (χ3n) is 1.66. The van der Waals surface area contributed by atoms with E-state index < -0.39 is 11.0 Å². The average molecular weight is 200 g/mol. The molecule has 0 radical (unpaired) electrons. The average Bonchev–Trinajstić information content (AvgIpc) is 2.05. The predicted molar refractivity (Wildman–Crippen MR) is 50.6 cm³/mol. The Labute approximate surface area is 81.1 Å². The first-order chi connectivity index (χ1) is 6.02. The van der Waals surface area contributed by atoms with E-state index in [0.717, 1.165) is 5.56 Å². The number of hydrogen-bond acceptors (Lipinski definition) is 2. The van der Waals surface area contributed by atoms with Gasteiger partial charge in [-0.3, -0.25) is 0 Å². The number of aliphatic carboxylic acids is 1. The second-order valence-corrected chi connectivity index (χ2v) is 3.50. The van der Waals surface area contributed by atoms with E-state index in [4.69, 9.17) is 22.4 Å². The number of nitrogens with two attached hydrogens (primary N) is 1. The Morgan fingerprint density at radius 2 is 2.00 bits per heavy atom. The van der Waals surface area contributed by atoms with Gasteiger partial charge in [0, 0.05) is 6.42 Å². The highest BCUT2D eigenvalue weighted by Crippen LogP contribution is 2.15. The monoisotopic (exact) mass is 199 g/mol. The molecule has 0 amide bonds. The van der Waals surface area contributed by atoms with Crippen LogP contribution in [0.3, 0.4) is 0 Å². The standard InChI is InChI=1S/C9H10ClNO2/c10-9(11,8(12)13)6-7-4-2-1-3-5-7/h1-5H,6,11H2,(H,12,13)/t9-/m1/s1. The van der Waals surface area contributed by atoms with Crippen LogP contribution >= 0.6 is 11.6 Å². The fraction of sp³-hybridized carbons (Fsp3) is 0.222. The van der Waals surface area contributed by atoms with Crippen LogP contribution in [0, 0.1) is 0 Å². The van der Waals surface area contributed by atoms with Crippen LogP contribution in [0.4, 0.5) is 0 Å². The number of carboxylic acids is 1. The molecule has 3 nitrogen and oxygen atoms in total. The van der Waals surface area contributed by atoms with Crippen molar-refractivity contribution in [3.63, 3.8) is 0 Å². The van der Waals surface area contributed by atoms with E-state index in [2.05, 4.69) is 0 Å². The maximum absolute atomic E-state index is 10.6. The molecule has 1 aromatic carbocycles. The van der Waals surface area contributed by atoms with Crippen LogP contribution in [0.25, 0.3) is 0 Å². The van der Waals surface area contributed by atoms with Gasteiger partial charge in [-0.25, -0.2) is 4.79 Å². The maximum atomic E-state index is 10.6. The van der Waals surface area contributed by atoms with Crippen LogP contribution in [0.5, 0.6) is 0 Å². The molecule has 0 aliphatic carbocycles. The van der Waals surface area contributed by atoms with Gasteiger partial charge in [0.15, 0.2) is 5.00 Å². The Kier molecular flexibility index (Phi) is 2.90. The van der Waals surface area contributed by atoms with E-state index in [9.17, 15) is 4.79 Å². The van der Waals surface area contributed by atoms with Gasteiger partial charge in [0.05, 0.1) is 0 Å². The van der Waals surface area contributed by atoms with Gasteiger partial charge in [-0.2, -0.15) is 0 Å². The summed E-state index contributed by atoms with van der Waals surface area (Å²) in [4.78, 5) is 8.86. The van der Waals surface area contributed by atoms with Crippen LogP contribution in [0.1, 0.15) is 5.56 Å². The number of halogens is 1. The minimum Gasteiger partial charge on any atom is -0.479 e. The summed E-state index contributed by atoms with van der Waals surface area (Å²) in [6.07, 6.45) is 0.116. The van der Waals surface area contributed by atoms with Crippen molar-refractivity contribution in [1.29, 1.82) is 0 Å². The highest BCUT2D eigenvalue weighted by atomic mass is 35.5. The van der Waals surface area contributed by atoms with Gasteiger partial charge in [0.25, 0.3) is 0 Å². The van der Waals surface area contributed by atoms with Crippen molar-refractivity contribution in [2.24, 2.45) is 5.73 Å². The number of carboxylic acid groups (broad SMARTS) is 1. The van der Waals surface area contributed by atoms with Gasteiger partial charge < -0.3 is 10.8 Å². The molecule has 0 bridgehead atoms. The molecule has 0 spiro atoms. The number of benzene rings is 1. The van der Waals surface area contributed by atoms with E-state index >= 15 is 0 Å². The molecule has 0 saturated heterocycles. The molecule has 0 saturated carbocycles. The number of hydrogen-bond donors (Lipinski definition) is 2. The Morgan fingerprint density at radius 1 is 1.46 bits per heavy atom. The van der Waals surface area contributed by atoms with E-state index in [1.54, 1.807) is 12.1 Å². The summed E-state index contributed by atoms with van der Waals surface area (Å²) in [5, 5.41) is 8.65. The zero-order valence-corrected chi connectivity index (χ0v) is 7.66. The van der Waals surface area contributed by atoms with Crippen LogP contribution in [0.2, 0.25) is 0 Å². The van der Waals surface area contributed by atoms with E-state index in [0.29, 0.717) is 0 Å². The second-order valence-electron chi connectivity index (χ2n) is 2.83. The van der Waals surface area contributed by atoms with Crippen LogP contribution < -0.4 is 5.73 Å². The van der Waals surface area contributed by atoms with Crippen molar-refractivity contribution in [3.8, 4) is 0 Å². The Hall–Kier alpha value is -1.06. The van der Waals surface area contributed by atoms with Crippen molar-refractivity contribution in [1.82, 2.24) is 0 Å². The highest BCUT2D eigenvalue weighted by molar-refractivity contribution is 6.33. The summed E-state index contributed by atoms with van der Waals surface area (Å²) in [6, 6.07) is 9.03. The smallest absolute Gasteiger partial charge is 0.339 e. The van der Waals surface area contributed by atoms with Gasteiger partial charge >= 0.3 is 5.97 Å². The number of alkyl halides is 1. The molecule has 70 valence electrons. The van der Waals surface area contributed by atoms with Gasteiger partial charge in [-0.15, -0.1) is 0 Å². The molecule has 1 aromatic rings. The maximum Gasteiger partial charge on any atom is 0.339 e. The minimum atomic E-state index is -1.71. The lowest BCUT2D eigenvalue weighted by Gasteiger charge is -2.15. The fourth-order valence-electron chi connectivity index (χ4n) is 0.969. The van der Waals surface area contributed by atoms with Crippen LogP contribution in [-0.4, -0.2) is 16.1 Å². The summed E-state index contributed by atoms with van der Waals surface area (Å²) >= 11 is 5.58. The third-order valence-corrected chi connectivity index (χ3v) is 1.96. The largest absolute Gasteiger partial charge is 0.479 e. The van der Waals surface area contributed by atoms with Gasteiger partial charge in [-0.1, -0.05) is 41.9 Å². The molecule has 0 fully saturated rings. The molecule has 13 heavy (non-hydrogen) atoms. The van der Waals surface area contributed by atoms with Crippen molar-refractivity contribution < 1.29 is 9.90 Å². The summed E-state index contributed by atoms with van der Waals surface area (Å²) in [7, 11) is 0. The molecule has 0 aromatic heterocycles. The molecular weight excluding hydrogens is 190 g/mol. The van der Waals surface area contributed by atoms with Crippen molar-refractivity contribution in [2.45, 2.75) is 11.4 Å². The molecule has 4 heteroatoms. The van der Waals surface area contributed by atoms with Crippen molar-refractivity contribution in [3.05, 3.63) is 35.9 Å². The summed E-state index contributed by atoms with van der Waals surface area (Å²) in [5.41, 5.74) is 6.17. The quantitative estimate of drug-likeness (QED) is 0.568. The zero-order valence-electron chi connectivity index (χ0n) is 6.90. The summed E-state index contributed by atoms with van der Waals surface area (Å²) in [6.45, 7) is 0. The first-order valence-electron chi connectivity index (χ1n) is 3.77. The fourth-order valence-corrected chi connectivity index (χ4v) is 1.12. The summed E-state index contributed by atoms with van der Waals surface area (Å²) in [5.74, 6) is -1.21. The molecular formula is C9H10ClNO2. The Morgan fingerprint density at radius 3 is 2.46 bits per heavy atom. The molecule has 0 heterocycles. The van der Waals surface area contributed by atoms with Gasteiger partial charge in [-0.05, 0) is 5.56 Å². The van der Waals surface area contributed by atoms with E-state index in [1.807, 2.05) is 18.2 Å². The van der Waals surface area contributed by atoms with Gasteiger partial charge in [0.2, 0.25) is 0 Å². The second kappa shape index (κ2) is 3.77. The highest BCUT2D eigenvalue weighted by Gasteiger charge is 2.30. The Balaban J connectivity index is 2.75. The first kappa shape index (κ1) is 10.0. The van der Waals surface area contributed by atoms with Crippen molar-refractivity contribution >= 4 is 17.6 Å². The molecule has 0 unspecified atom stereocenters. The lowest BCUT2D eigenvalue weighted by Crippen LogP contribution is -2.44. The lowest BCUT2D eigenvalue weighted by molar-refractivity contribution is -0.140. The number of carbonyl (C=O) groups is 1. The van der Waals surface area contributed by atoms with Crippen LogP contribution in [-0.2, 0) is 11.2 Å². The molecule has 1 rings (SSSR count). The predicted octanol–water partition coefficient (Wildman–Crippen LogP) is 1.21. The minimum absolute atomic E-state index is 0.116. The van der Waals surface area contributed by atoms with E-state index in [1.165, 1.54) is 0 Å². The SMILES string of the molecule is N[C@](Cl)(Cc1ccccc1)C(=O)O. The van der Waals surface area contributed by atoms with Gasteiger partial charge in [0.1, 0.15) is 0 Å². The molecule has 3 N–H and O–H groups in total. The third kappa shape index (κ3) is 2.72. The van der Waals surface area contributed by atoms with Crippen molar-refractivity contribution in [2.75, 3.05) is 0 Å². The number of rotatable bonds is 3. The van der Waals surface area contributed by atoms with Crippen LogP contribution in [0.15, 0.2) is 30.3 Å². The first-order valence-corrected chi connectivity index (χ1v) is 4.15. The molecule has 1 atom stereocenters.